The highest BCUT2D eigenvalue weighted by molar-refractivity contribution is 7.21. The molecule has 172 valence electrons. The van der Waals surface area contributed by atoms with Crippen molar-refractivity contribution < 1.29 is 19.1 Å². The minimum absolute atomic E-state index is 0.110. The summed E-state index contributed by atoms with van der Waals surface area (Å²) in [4.78, 5) is 32.3. The number of hydrogen-bond donors (Lipinski definition) is 0. The van der Waals surface area contributed by atoms with Crippen LogP contribution in [0.1, 0.15) is 32.6 Å². The molecule has 2 aromatic carbocycles. The van der Waals surface area contributed by atoms with Crippen molar-refractivity contribution in [3.8, 4) is 33.7 Å². The van der Waals surface area contributed by atoms with Crippen LogP contribution in [0.15, 0.2) is 73.1 Å². The molecule has 6 nitrogen and oxygen atoms in total. The molecule has 35 heavy (non-hydrogen) atoms. The fraction of sp³-hybridized carbons (Fsp3) is 0.107. The normalized spacial score (nSPS) is 12.0. The summed E-state index contributed by atoms with van der Waals surface area (Å²) in [5.74, 6) is 0.211. The summed E-state index contributed by atoms with van der Waals surface area (Å²) < 4.78 is 12.7. The lowest BCUT2D eigenvalue weighted by Crippen LogP contribution is -2.06. The average Bonchev–Trinajstić information content (AvgIpc) is 3.61. The monoisotopic (exact) mass is 480 g/mol. The molecule has 0 bridgehead atoms. The lowest BCUT2D eigenvalue weighted by molar-refractivity contribution is 0.0532. The number of aromatic nitrogens is 2. The first-order chi connectivity index (χ1) is 17.1. The van der Waals surface area contributed by atoms with Gasteiger partial charge in [-0.05, 0) is 42.3 Å². The van der Waals surface area contributed by atoms with Crippen LogP contribution in [0, 0.1) is 0 Å². The highest BCUT2D eigenvalue weighted by Crippen LogP contribution is 2.49. The molecule has 0 saturated carbocycles. The first-order valence-electron chi connectivity index (χ1n) is 11.2. The first-order valence-corrected chi connectivity index (χ1v) is 12.0. The number of rotatable bonds is 5. The van der Waals surface area contributed by atoms with Crippen molar-refractivity contribution in [1.82, 2.24) is 9.55 Å². The number of carbonyl (C=O) groups is 2. The summed E-state index contributed by atoms with van der Waals surface area (Å²) in [7, 11) is 1.63. The summed E-state index contributed by atoms with van der Waals surface area (Å²) in [5.41, 5.74) is 5.13. The number of nitrogens with zero attached hydrogens (tertiary/aromatic N) is 2. The smallest absolute Gasteiger partial charge is 0.350 e. The quantitative estimate of drug-likeness (QED) is 0.277. The van der Waals surface area contributed by atoms with Gasteiger partial charge in [-0.3, -0.25) is 4.79 Å². The Kier molecular flexibility index (Phi) is 5.00. The highest BCUT2D eigenvalue weighted by Gasteiger charge is 2.35. The molecule has 0 atom stereocenters. The van der Waals surface area contributed by atoms with E-state index in [0.29, 0.717) is 26.7 Å². The molecule has 1 aliphatic rings. The van der Waals surface area contributed by atoms with Crippen molar-refractivity contribution in [3.05, 3.63) is 89.2 Å². The lowest BCUT2D eigenvalue weighted by atomic mass is 9.93. The van der Waals surface area contributed by atoms with Gasteiger partial charge in [0.15, 0.2) is 0 Å². The molecule has 5 aromatic rings. The van der Waals surface area contributed by atoms with Crippen LogP contribution in [0.25, 0.3) is 38.2 Å². The molecule has 0 radical (unpaired) electrons. The maximum Gasteiger partial charge on any atom is 0.350 e. The molecule has 0 amide bonds. The van der Waals surface area contributed by atoms with Gasteiger partial charge in [-0.15, -0.1) is 11.3 Å². The van der Waals surface area contributed by atoms with E-state index < -0.39 is 5.97 Å². The van der Waals surface area contributed by atoms with Gasteiger partial charge in [-0.2, -0.15) is 0 Å². The van der Waals surface area contributed by atoms with Crippen molar-refractivity contribution in [2.45, 2.75) is 6.92 Å². The standard InChI is InChI=1S/C28H20N2O4S/c1-3-34-28(32)26-24(30-14-6-7-15-30)22-20(16-10-12-17(33-2)13-11-16)21-18-8-4-5-9-19(18)25(31)23(21)29-27(22)35-26/h4-15H,3H2,1-2H3. The summed E-state index contributed by atoms with van der Waals surface area (Å²) in [5, 5.41) is 0.808. The fourth-order valence-corrected chi connectivity index (χ4v) is 5.76. The number of esters is 1. The van der Waals surface area contributed by atoms with Crippen LogP contribution in [0.5, 0.6) is 5.75 Å². The molecule has 0 N–H and O–H groups in total. The Labute approximate surface area is 205 Å². The number of fused-ring (bicyclic) bond motifs is 4. The third-order valence-corrected chi connectivity index (χ3v) is 7.23. The first kappa shape index (κ1) is 21.3. The zero-order chi connectivity index (χ0) is 24.1. The lowest BCUT2D eigenvalue weighted by Gasteiger charge is -2.14. The van der Waals surface area contributed by atoms with Crippen LogP contribution in [-0.2, 0) is 4.74 Å². The zero-order valence-electron chi connectivity index (χ0n) is 19.1. The van der Waals surface area contributed by atoms with Gasteiger partial charge in [-0.25, -0.2) is 9.78 Å². The van der Waals surface area contributed by atoms with Crippen molar-refractivity contribution in [1.29, 1.82) is 0 Å². The molecule has 0 spiro atoms. The van der Waals surface area contributed by atoms with Crippen LogP contribution in [0.3, 0.4) is 0 Å². The summed E-state index contributed by atoms with van der Waals surface area (Å²) >= 11 is 1.25. The van der Waals surface area contributed by atoms with Gasteiger partial charge in [0.25, 0.3) is 0 Å². The highest BCUT2D eigenvalue weighted by atomic mass is 32.1. The van der Waals surface area contributed by atoms with Gasteiger partial charge in [-0.1, -0.05) is 36.4 Å². The van der Waals surface area contributed by atoms with Gasteiger partial charge in [0, 0.05) is 34.5 Å². The van der Waals surface area contributed by atoms with Crippen LogP contribution >= 0.6 is 11.3 Å². The van der Waals surface area contributed by atoms with Crippen molar-refractivity contribution in [2.24, 2.45) is 0 Å². The fourth-order valence-electron chi connectivity index (χ4n) is 4.68. The van der Waals surface area contributed by atoms with Crippen LogP contribution in [0.4, 0.5) is 0 Å². The number of benzene rings is 2. The van der Waals surface area contributed by atoms with Gasteiger partial charge >= 0.3 is 5.97 Å². The number of methoxy groups -OCH3 is 1. The molecule has 1 aliphatic carbocycles. The van der Waals surface area contributed by atoms with Crippen molar-refractivity contribution in [3.63, 3.8) is 0 Å². The number of thiophene rings is 1. The molecule has 0 unspecified atom stereocenters. The minimum Gasteiger partial charge on any atom is -0.497 e. The predicted octanol–water partition coefficient (Wildman–Crippen LogP) is 6.15. The topological polar surface area (TPSA) is 70.4 Å². The van der Waals surface area contributed by atoms with E-state index in [-0.39, 0.29) is 12.4 Å². The summed E-state index contributed by atoms with van der Waals surface area (Å²) in [6.45, 7) is 2.05. The second-order valence-corrected chi connectivity index (χ2v) is 9.08. The van der Waals surface area contributed by atoms with E-state index in [9.17, 15) is 9.59 Å². The molecule has 0 aliphatic heterocycles. The van der Waals surface area contributed by atoms with E-state index in [4.69, 9.17) is 14.5 Å². The molecule has 3 heterocycles. The Morgan fingerprint density at radius 2 is 1.69 bits per heavy atom. The van der Waals surface area contributed by atoms with E-state index in [1.807, 2.05) is 77.6 Å². The number of hydrogen-bond acceptors (Lipinski definition) is 6. The zero-order valence-corrected chi connectivity index (χ0v) is 19.9. The summed E-state index contributed by atoms with van der Waals surface area (Å²) in [6.07, 6.45) is 3.79. The minimum atomic E-state index is -0.410. The maximum atomic E-state index is 13.4. The number of pyridine rings is 1. The van der Waals surface area contributed by atoms with Crippen molar-refractivity contribution in [2.75, 3.05) is 13.7 Å². The van der Waals surface area contributed by atoms with Crippen LogP contribution in [-0.4, -0.2) is 35.0 Å². The van der Waals surface area contributed by atoms with Crippen LogP contribution in [0.2, 0.25) is 0 Å². The molecule has 7 heteroatoms. The van der Waals surface area contributed by atoms with E-state index in [2.05, 4.69) is 0 Å². The average molecular weight is 481 g/mol. The van der Waals surface area contributed by atoms with E-state index in [1.54, 1.807) is 14.0 Å². The Morgan fingerprint density at radius 1 is 0.971 bits per heavy atom. The van der Waals surface area contributed by atoms with E-state index in [1.165, 1.54) is 11.3 Å². The van der Waals surface area contributed by atoms with Crippen molar-refractivity contribution >= 4 is 33.3 Å². The third kappa shape index (κ3) is 3.19. The predicted molar refractivity (Wildman–Crippen MR) is 136 cm³/mol. The Morgan fingerprint density at radius 3 is 2.37 bits per heavy atom. The molecule has 0 fully saturated rings. The Bertz CT molecular complexity index is 1620. The molecule has 6 rings (SSSR count). The molecule has 3 aromatic heterocycles. The second kappa shape index (κ2) is 8.21. The molecule has 0 saturated heterocycles. The third-order valence-electron chi connectivity index (χ3n) is 6.17. The Hall–Kier alpha value is -4.23. The second-order valence-electron chi connectivity index (χ2n) is 8.08. The van der Waals surface area contributed by atoms with E-state index >= 15 is 0 Å². The summed E-state index contributed by atoms with van der Waals surface area (Å²) in [6, 6.07) is 19.1. The Balaban J connectivity index is 1.78. The van der Waals surface area contributed by atoms with Gasteiger partial charge in [0.1, 0.15) is 21.2 Å². The van der Waals surface area contributed by atoms with Gasteiger partial charge in [0.2, 0.25) is 5.78 Å². The van der Waals surface area contributed by atoms with E-state index in [0.717, 1.165) is 33.4 Å². The number of ether oxygens (including phenoxy) is 2. The molecular formula is C28H20N2O4S. The van der Waals surface area contributed by atoms with Crippen LogP contribution < -0.4 is 4.74 Å². The number of ketones is 1. The maximum absolute atomic E-state index is 13.4. The SMILES string of the molecule is CCOC(=O)c1sc2nc3c(c(-c4ccc(OC)cc4)c2c1-n1cccc1)-c1ccccc1C3=O. The number of carbonyl (C=O) groups excluding carboxylic acids is 2. The molecular weight excluding hydrogens is 460 g/mol. The van der Waals surface area contributed by atoms with Gasteiger partial charge < -0.3 is 14.0 Å². The van der Waals surface area contributed by atoms with Gasteiger partial charge in [0.05, 0.1) is 19.4 Å². The largest absolute Gasteiger partial charge is 0.497 e.